The highest BCUT2D eigenvalue weighted by Gasteiger charge is 2.33. The molecule has 0 aliphatic carbocycles. The zero-order valence-corrected chi connectivity index (χ0v) is 12.1. The van der Waals surface area contributed by atoms with Crippen molar-refractivity contribution in [2.75, 3.05) is 13.1 Å². The van der Waals surface area contributed by atoms with Crippen LogP contribution in [0.1, 0.15) is 32.8 Å². The van der Waals surface area contributed by atoms with Gasteiger partial charge in [0.1, 0.15) is 6.10 Å². The van der Waals surface area contributed by atoms with Crippen LogP contribution in [0.4, 0.5) is 0 Å². The van der Waals surface area contributed by atoms with Crippen molar-refractivity contribution in [3.05, 3.63) is 23.9 Å². The number of likely N-dealkylation sites (tertiary alicyclic amines) is 1. The lowest BCUT2D eigenvalue weighted by molar-refractivity contribution is -0.142. The summed E-state index contributed by atoms with van der Waals surface area (Å²) >= 11 is 0. The van der Waals surface area contributed by atoms with E-state index in [-0.39, 0.29) is 17.4 Å². The normalized spacial score (nSPS) is 15.4. The fourth-order valence-corrected chi connectivity index (χ4v) is 2.00. The number of hydrogen-bond acceptors (Lipinski definition) is 4. The van der Waals surface area contributed by atoms with Crippen LogP contribution in [-0.4, -0.2) is 35.0 Å². The summed E-state index contributed by atoms with van der Waals surface area (Å²) in [4.78, 5) is 17.8. The highest BCUT2D eigenvalue weighted by Crippen LogP contribution is 2.23. The molecule has 2 heterocycles. The third-order valence-electron chi connectivity index (χ3n) is 3.03. The molecule has 1 aliphatic heterocycles. The Hall–Kier alpha value is -2.09. The predicted molar refractivity (Wildman–Crippen MR) is 74.0 cm³/mol. The molecule has 1 aromatic heterocycles. The lowest BCUT2D eigenvalue weighted by Gasteiger charge is -2.39. The summed E-state index contributed by atoms with van der Waals surface area (Å²) in [5.74, 6) is 0.605. The minimum atomic E-state index is -0.0274. The molecule has 1 amide bonds. The smallest absolute Gasteiger partial charge is 0.223 e. The molecule has 0 saturated carbocycles. The Bertz CT molecular complexity index is 537. The molecule has 0 spiro atoms. The van der Waals surface area contributed by atoms with Gasteiger partial charge in [0.25, 0.3) is 0 Å². The van der Waals surface area contributed by atoms with Crippen LogP contribution in [-0.2, 0) is 4.79 Å². The Morgan fingerprint density at radius 3 is 2.85 bits per heavy atom. The molecule has 1 aliphatic rings. The standard InChI is InChI=1S/C15H19N3O2/c1-15(2,3)7-14(19)18-9-12(10-18)20-13-6-11(8-16)4-5-17-13/h4-6,12H,7,9-10H2,1-3H3. The summed E-state index contributed by atoms with van der Waals surface area (Å²) in [7, 11) is 0. The molecule has 0 N–H and O–H groups in total. The summed E-state index contributed by atoms with van der Waals surface area (Å²) in [5, 5.41) is 8.80. The number of aromatic nitrogens is 1. The minimum absolute atomic E-state index is 0.00566. The molecule has 0 bridgehead atoms. The lowest BCUT2D eigenvalue weighted by Crippen LogP contribution is -2.56. The molecule has 0 atom stereocenters. The van der Waals surface area contributed by atoms with Crippen LogP contribution >= 0.6 is 0 Å². The number of ether oxygens (including phenoxy) is 1. The number of amides is 1. The first-order valence-electron chi connectivity index (χ1n) is 6.68. The second kappa shape index (κ2) is 5.49. The quantitative estimate of drug-likeness (QED) is 0.844. The van der Waals surface area contributed by atoms with E-state index in [1.54, 1.807) is 23.2 Å². The summed E-state index contributed by atoms with van der Waals surface area (Å²) < 4.78 is 5.65. The maximum atomic E-state index is 12.0. The second-order valence-corrected chi connectivity index (χ2v) is 6.27. The van der Waals surface area contributed by atoms with Crippen LogP contribution in [0.5, 0.6) is 5.88 Å². The predicted octanol–water partition coefficient (Wildman–Crippen LogP) is 1.98. The van der Waals surface area contributed by atoms with Gasteiger partial charge in [0.2, 0.25) is 11.8 Å². The van der Waals surface area contributed by atoms with Crippen molar-refractivity contribution >= 4 is 5.91 Å². The number of nitriles is 1. The van der Waals surface area contributed by atoms with Gasteiger partial charge in [-0.2, -0.15) is 5.26 Å². The molecule has 2 rings (SSSR count). The number of carbonyl (C=O) groups is 1. The van der Waals surface area contributed by atoms with E-state index in [0.717, 1.165) is 0 Å². The number of nitrogens with zero attached hydrogens (tertiary/aromatic N) is 3. The van der Waals surface area contributed by atoms with Crippen molar-refractivity contribution in [2.45, 2.75) is 33.3 Å². The Labute approximate surface area is 119 Å². The van der Waals surface area contributed by atoms with Crippen LogP contribution in [0.3, 0.4) is 0 Å². The van der Waals surface area contributed by atoms with E-state index in [0.29, 0.717) is 31.0 Å². The summed E-state index contributed by atoms with van der Waals surface area (Å²) in [6.07, 6.45) is 2.07. The van der Waals surface area contributed by atoms with Gasteiger partial charge in [0, 0.05) is 18.7 Å². The monoisotopic (exact) mass is 273 g/mol. The number of rotatable bonds is 3. The van der Waals surface area contributed by atoms with Crippen molar-refractivity contribution in [1.82, 2.24) is 9.88 Å². The van der Waals surface area contributed by atoms with E-state index in [1.807, 2.05) is 6.07 Å². The Morgan fingerprint density at radius 1 is 1.55 bits per heavy atom. The molecule has 5 nitrogen and oxygen atoms in total. The van der Waals surface area contributed by atoms with Gasteiger partial charge in [-0.3, -0.25) is 4.79 Å². The molecule has 106 valence electrons. The molecule has 5 heteroatoms. The van der Waals surface area contributed by atoms with Crippen LogP contribution in [0.15, 0.2) is 18.3 Å². The number of hydrogen-bond donors (Lipinski definition) is 0. The van der Waals surface area contributed by atoms with Crippen molar-refractivity contribution in [2.24, 2.45) is 5.41 Å². The maximum absolute atomic E-state index is 12.0. The molecule has 1 saturated heterocycles. The first kappa shape index (κ1) is 14.3. The van der Waals surface area contributed by atoms with Crippen LogP contribution < -0.4 is 4.74 Å². The number of pyridine rings is 1. The fourth-order valence-electron chi connectivity index (χ4n) is 2.00. The lowest BCUT2D eigenvalue weighted by atomic mass is 9.91. The van der Waals surface area contributed by atoms with E-state index in [2.05, 4.69) is 25.8 Å². The fraction of sp³-hybridized carbons (Fsp3) is 0.533. The SMILES string of the molecule is CC(C)(C)CC(=O)N1CC(Oc2cc(C#N)ccn2)C1. The topological polar surface area (TPSA) is 66.2 Å². The van der Waals surface area contributed by atoms with E-state index in [4.69, 9.17) is 10.00 Å². The molecule has 1 fully saturated rings. The zero-order valence-electron chi connectivity index (χ0n) is 12.1. The van der Waals surface area contributed by atoms with Gasteiger partial charge in [-0.15, -0.1) is 0 Å². The summed E-state index contributed by atoms with van der Waals surface area (Å²) in [6, 6.07) is 5.29. The number of carbonyl (C=O) groups excluding carboxylic acids is 1. The second-order valence-electron chi connectivity index (χ2n) is 6.27. The van der Waals surface area contributed by atoms with Crippen molar-refractivity contribution in [3.63, 3.8) is 0 Å². The molecule has 20 heavy (non-hydrogen) atoms. The highest BCUT2D eigenvalue weighted by atomic mass is 16.5. The third kappa shape index (κ3) is 3.70. The van der Waals surface area contributed by atoms with Crippen LogP contribution in [0.25, 0.3) is 0 Å². The van der Waals surface area contributed by atoms with Gasteiger partial charge in [-0.05, 0) is 11.5 Å². The summed E-state index contributed by atoms with van der Waals surface area (Å²) in [6.45, 7) is 7.34. The molecule has 0 aromatic carbocycles. The van der Waals surface area contributed by atoms with Crippen molar-refractivity contribution < 1.29 is 9.53 Å². The largest absolute Gasteiger partial charge is 0.471 e. The highest BCUT2D eigenvalue weighted by molar-refractivity contribution is 5.77. The maximum Gasteiger partial charge on any atom is 0.223 e. The van der Waals surface area contributed by atoms with Gasteiger partial charge in [0.05, 0.1) is 24.7 Å². The van der Waals surface area contributed by atoms with Gasteiger partial charge >= 0.3 is 0 Å². The van der Waals surface area contributed by atoms with Crippen molar-refractivity contribution in [1.29, 1.82) is 5.26 Å². The van der Waals surface area contributed by atoms with Gasteiger partial charge in [-0.25, -0.2) is 4.98 Å². The van der Waals surface area contributed by atoms with Gasteiger partial charge < -0.3 is 9.64 Å². The zero-order chi connectivity index (χ0) is 14.8. The Morgan fingerprint density at radius 2 is 2.25 bits per heavy atom. The average molecular weight is 273 g/mol. The minimum Gasteiger partial charge on any atom is -0.471 e. The molecular formula is C15H19N3O2. The van der Waals surface area contributed by atoms with Gasteiger partial charge in [-0.1, -0.05) is 20.8 Å². The van der Waals surface area contributed by atoms with Crippen molar-refractivity contribution in [3.8, 4) is 11.9 Å². The Kier molecular flexibility index (Phi) is 3.93. The van der Waals surface area contributed by atoms with Crippen LogP contribution in [0.2, 0.25) is 0 Å². The van der Waals surface area contributed by atoms with E-state index < -0.39 is 0 Å². The van der Waals surface area contributed by atoms with E-state index in [1.165, 1.54) is 0 Å². The third-order valence-corrected chi connectivity index (χ3v) is 3.03. The Balaban J connectivity index is 1.82. The molecular weight excluding hydrogens is 254 g/mol. The van der Waals surface area contributed by atoms with E-state index in [9.17, 15) is 4.79 Å². The summed E-state index contributed by atoms with van der Waals surface area (Å²) in [5.41, 5.74) is 0.529. The molecule has 0 unspecified atom stereocenters. The molecule has 0 radical (unpaired) electrons. The molecule has 1 aromatic rings. The average Bonchev–Trinajstić information content (AvgIpc) is 2.31. The van der Waals surface area contributed by atoms with Gasteiger partial charge in [0.15, 0.2) is 0 Å². The van der Waals surface area contributed by atoms with E-state index >= 15 is 0 Å². The first-order chi connectivity index (χ1) is 9.37. The first-order valence-corrected chi connectivity index (χ1v) is 6.68. The van der Waals surface area contributed by atoms with Crippen LogP contribution in [0, 0.1) is 16.7 Å².